The summed E-state index contributed by atoms with van der Waals surface area (Å²) in [7, 11) is 0. The molecule has 0 amide bonds. The van der Waals surface area contributed by atoms with Gasteiger partial charge in [-0.25, -0.2) is 0 Å². The normalized spacial score (nSPS) is 14.5. The zero-order valence-corrected chi connectivity index (χ0v) is 23.5. The highest BCUT2D eigenvalue weighted by molar-refractivity contribution is 6.36. The van der Waals surface area contributed by atoms with E-state index in [0.29, 0.717) is 29.0 Å². The van der Waals surface area contributed by atoms with Crippen LogP contribution in [-0.2, 0) is 16.8 Å². The van der Waals surface area contributed by atoms with E-state index >= 15 is 0 Å². The first-order valence-corrected chi connectivity index (χ1v) is 13.7. The Morgan fingerprint density at radius 3 is 2.13 bits per heavy atom. The van der Waals surface area contributed by atoms with Crippen molar-refractivity contribution in [1.29, 1.82) is 5.26 Å². The van der Waals surface area contributed by atoms with Crippen LogP contribution >= 0.6 is 23.2 Å². The van der Waals surface area contributed by atoms with Crippen molar-refractivity contribution < 1.29 is 9.47 Å². The minimum Gasteiger partial charge on any atom is -0.488 e. The van der Waals surface area contributed by atoms with Crippen molar-refractivity contribution in [3.63, 3.8) is 0 Å². The highest BCUT2D eigenvalue weighted by atomic mass is 35.5. The average Bonchev–Trinajstić information content (AvgIpc) is 2.91. The van der Waals surface area contributed by atoms with E-state index in [9.17, 15) is 5.26 Å². The molecule has 0 unspecified atom stereocenters. The molecule has 4 rings (SSSR count). The van der Waals surface area contributed by atoms with Gasteiger partial charge >= 0.3 is 0 Å². The summed E-state index contributed by atoms with van der Waals surface area (Å²) in [5.74, 6) is 0.573. The van der Waals surface area contributed by atoms with Crippen molar-refractivity contribution in [3.05, 3.63) is 112 Å². The number of hydrogen-bond acceptors (Lipinski definition) is 4. The first-order valence-electron chi connectivity index (χ1n) is 12.9. The summed E-state index contributed by atoms with van der Waals surface area (Å²) in [6, 6.07) is 26.5. The Balaban J connectivity index is 1.39. The van der Waals surface area contributed by atoms with E-state index in [1.54, 1.807) is 18.2 Å². The number of rotatable bonds is 12. The Labute approximate surface area is 236 Å². The number of benzene rings is 3. The second kappa shape index (κ2) is 12.4. The molecule has 0 spiro atoms. The van der Waals surface area contributed by atoms with E-state index < -0.39 is 5.41 Å². The van der Waals surface area contributed by atoms with Gasteiger partial charge in [0, 0.05) is 29.2 Å². The number of ether oxygens (including phenoxy) is 2. The molecule has 3 aromatic carbocycles. The lowest BCUT2D eigenvalue weighted by molar-refractivity contribution is -0.102. The molecule has 0 radical (unpaired) electrons. The molecule has 1 aliphatic heterocycles. The van der Waals surface area contributed by atoms with E-state index in [1.807, 2.05) is 36.4 Å². The van der Waals surface area contributed by atoms with Crippen LogP contribution in [0.15, 0.2) is 85.5 Å². The molecule has 0 saturated carbocycles. The molecular weight excluding hydrogens is 515 g/mol. The van der Waals surface area contributed by atoms with Gasteiger partial charge in [0.25, 0.3) is 0 Å². The molecule has 1 fully saturated rings. The average molecular weight is 550 g/mol. The van der Waals surface area contributed by atoms with Crippen LogP contribution in [-0.4, -0.2) is 36.2 Å². The van der Waals surface area contributed by atoms with E-state index in [1.165, 1.54) is 0 Å². The fraction of sp³-hybridized carbons (Fsp3) is 0.344. The Kier molecular flexibility index (Phi) is 9.18. The number of halogens is 2. The van der Waals surface area contributed by atoms with Crippen molar-refractivity contribution in [1.82, 2.24) is 4.90 Å². The fourth-order valence-electron chi connectivity index (χ4n) is 4.94. The molecule has 3 aromatic rings. The van der Waals surface area contributed by atoms with E-state index in [2.05, 4.69) is 55.7 Å². The molecule has 1 saturated heterocycles. The third-order valence-corrected chi connectivity index (χ3v) is 8.28. The summed E-state index contributed by atoms with van der Waals surface area (Å²) in [6.45, 7) is 10.5. The summed E-state index contributed by atoms with van der Waals surface area (Å²) in [4.78, 5) is 2.42. The predicted octanol–water partition coefficient (Wildman–Crippen LogP) is 7.83. The number of nitriles is 1. The highest BCUT2D eigenvalue weighted by Crippen LogP contribution is 2.40. The van der Waals surface area contributed by atoms with Crippen LogP contribution in [0.2, 0.25) is 10.0 Å². The van der Waals surface area contributed by atoms with Crippen LogP contribution in [0.5, 0.6) is 5.75 Å². The van der Waals surface area contributed by atoms with Gasteiger partial charge in [0.2, 0.25) is 0 Å². The molecule has 0 bridgehead atoms. The summed E-state index contributed by atoms with van der Waals surface area (Å²) >= 11 is 12.9. The van der Waals surface area contributed by atoms with Gasteiger partial charge in [-0.15, -0.1) is 0 Å². The van der Waals surface area contributed by atoms with Crippen molar-refractivity contribution >= 4 is 23.2 Å². The minimum atomic E-state index is -0.702. The maximum atomic E-state index is 10.5. The standard InChI is InChI=1S/C32H34Cl2N2O2/c1-4-19-37-29-16-15-28(33)27(30(29)34)22-38-26-20-36(21-26)31(2,3)17-18-32(23-35,24-11-7-5-8-12-24)25-13-9-6-10-14-25/h4-16,26H,1,17-22H2,2-3H3. The summed E-state index contributed by atoms with van der Waals surface area (Å²) in [6.07, 6.45) is 3.34. The lowest BCUT2D eigenvalue weighted by Crippen LogP contribution is -2.61. The monoisotopic (exact) mass is 548 g/mol. The smallest absolute Gasteiger partial charge is 0.138 e. The van der Waals surface area contributed by atoms with Crippen molar-refractivity contribution in [3.8, 4) is 11.8 Å². The van der Waals surface area contributed by atoms with Crippen LogP contribution in [0.25, 0.3) is 0 Å². The Hall–Kier alpha value is -2.81. The van der Waals surface area contributed by atoms with Gasteiger partial charge in [0.15, 0.2) is 0 Å². The van der Waals surface area contributed by atoms with Gasteiger partial charge < -0.3 is 9.47 Å². The minimum absolute atomic E-state index is 0.0862. The van der Waals surface area contributed by atoms with Crippen LogP contribution in [0.4, 0.5) is 0 Å². The van der Waals surface area contributed by atoms with Crippen molar-refractivity contribution in [2.45, 2.75) is 50.4 Å². The number of nitrogens with zero attached hydrogens (tertiary/aromatic N) is 2. The zero-order valence-electron chi connectivity index (χ0n) is 22.0. The molecule has 1 heterocycles. The van der Waals surface area contributed by atoms with Gasteiger partial charge in [-0.05, 0) is 49.9 Å². The predicted molar refractivity (Wildman–Crippen MR) is 155 cm³/mol. The van der Waals surface area contributed by atoms with Gasteiger partial charge in [-0.2, -0.15) is 5.26 Å². The molecule has 38 heavy (non-hydrogen) atoms. The molecular formula is C32H34Cl2N2O2. The maximum absolute atomic E-state index is 10.5. The number of likely N-dealkylation sites (tertiary alicyclic amines) is 1. The van der Waals surface area contributed by atoms with Crippen molar-refractivity contribution in [2.24, 2.45) is 0 Å². The first kappa shape index (κ1) is 28.2. The molecule has 0 aromatic heterocycles. The SMILES string of the molecule is C=CCOc1ccc(Cl)c(COC2CN(C(C)(C)CCC(C#N)(c3ccccc3)c3ccccc3)C2)c1Cl. The van der Waals surface area contributed by atoms with E-state index in [-0.39, 0.29) is 11.6 Å². The molecule has 0 atom stereocenters. The largest absolute Gasteiger partial charge is 0.488 e. The molecule has 0 N–H and O–H groups in total. The second-order valence-corrected chi connectivity index (χ2v) is 11.1. The van der Waals surface area contributed by atoms with Gasteiger partial charge in [-0.1, -0.05) is 96.5 Å². The molecule has 4 nitrogen and oxygen atoms in total. The lowest BCUT2D eigenvalue weighted by Gasteiger charge is -2.49. The molecule has 1 aliphatic rings. The van der Waals surface area contributed by atoms with Gasteiger partial charge in [-0.3, -0.25) is 4.90 Å². The van der Waals surface area contributed by atoms with Crippen LogP contribution < -0.4 is 4.74 Å². The summed E-state index contributed by atoms with van der Waals surface area (Å²) < 4.78 is 11.8. The summed E-state index contributed by atoms with van der Waals surface area (Å²) in [5, 5.41) is 11.5. The Bertz CT molecular complexity index is 1230. The third kappa shape index (κ3) is 6.08. The lowest BCUT2D eigenvalue weighted by atomic mass is 9.70. The van der Waals surface area contributed by atoms with Gasteiger partial charge in [0.1, 0.15) is 17.8 Å². The van der Waals surface area contributed by atoms with E-state index in [4.69, 9.17) is 32.7 Å². The molecule has 0 aliphatic carbocycles. The van der Waals surface area contributed by atoms with Crippen LogP contribution in [0.3, 0.4) is 0 Å². The van der Waals surface area contributed by atoms with Crippen molar-refractivity contribution in [2.75, 3.05) is 19.7 Å². The second-order valence-electron chi connectivity index (χ2n) is 10.3. The zero-order chi connectivity index (χ0) is 27.2. The van der Waals surface area contributed by atoms with Crippen LogP contribution in [0, 0.1) is 11.3 Å². The third-order valence-electron chi connectivity index (χ3n) is 7.51. The quantitative estimate of drug-likeness (QED) is 0.216. The number of hydrogen-bond donors (Lipinski definition) is 0. The van der Waals surface area contributed by atoms with Gasteiger partial charge in [0.05, 0.1) is 23.8 Å². The Morgan fingerprint density at radius 1 is 0.974 bits per heavy atom. The topological polar surface area (TPSA) is 45.5 Å². The first-order chi connectivity index (χ1) is 18.3. The molecule has 198 valence electrons. The fourth-order valence-corrected chi connectivity index (χ4v) is 5.48. The van der Waals surface area contributed by atoms with Crippen LogP contribution in [0.1, 0.15) is 43.4 Å². The van der Waals surface area contributed by atoms with E-state index in [0.717, 1.165) is 42.6 Å². The molecule has 6 heteroatoms. The summed E-state index contributed by atoms with van der Waals surface area (Å²) in [5.41, 5.74) is 1.99. The highest BCUT2D eigenvalue weighted by Gasteiger charge is 2.41. The maximum Gasteiger partial charge on any atom is 0.138 e. The Morgan fingerprint density at radius 2 is 1.58 bits per heavy atom.